The normalized spacial score (nSPS) is 10.3. The summed E-state index contributed by atoms with van der Waals surface area (Å²) in [6, 6.07) is 12.2. The minimum absolute atomic E-state index is 0.286. The van der Waals surface area contributed by atoms with Crippen molar-refractivity contribution in [3.8, 4) is 16.9 Å². The molecule has 0 amide bonds. The van der Waals surface area contributed by atoms with Gasteiger partial charge in [0.15, 0.2) is 0 Å². The second-order valence-electron chi connectivity index (χ2n) is 3.66. The summed E-state index contributed by atoms with van der Waals surface area (Å²) in [4.78, 5) is 0. The molecule has 0 aromatic heterocycles. The monoisotopic (exact) mass is 232 g/mol. The summed E-state index contributed by atoms with van der Waals surface area (Å²) in [5.41, 5.74) is 1.99. The van der Waals surface area contributed by atoms with Gasteiger partial charge in [-0.05, 0) is 23.8 Å². The smallest absolute Gasteiger partial charge is 0.128 e. The molecule has 2 nitrogen and oxygen atoms in total. The number of methoxy groups -OCH3 is 1. The Kier molecular flexibility index (Phi) is 3.40. The predicted octanol–water partition coefficient (Wildman–Crippen LogP) is 2.99. The number of hydrogen-bond donors (Lipinski definition) is 1. The Hall–Kier alpha value is -1.87. The van der Waals surface area contributed by atoms with Crippen LogP contribution in [0, 0.1) is 5.82 Å². The van der Waals surface area contributed by atoms with Gasteiger partial charge in [0, 0.05) is 11.1 Å². The highest BCUT2D eigenvalue weighted by atomic mass is 19.1. The van der Waals surface area contributed by atoms with Crippen molar-refractivity contribution in [2.45, 2.75) is 6.61 Å². The fourth-order valence-electron chi connectivity index (χ4n) is 1.75. The highest BCUT2D eigenvalue weighted by Crippen LogP contribution is 2.30. The van der Waals surface area contributed by atoms with Crippen molar-refractivity contribution in [3.63, 3.8) is 0 Å². The molecule has 0 aliphatic carbocycles. The van der Waals surface area contributed by atoms with Gasteiger partial charge < -0.3 is 9.84 Å². The van der Waals surface area contributed by atoms with Crippen LogP contribution in [0.4, 0.5) is 4.39 Å². The molecule has 0 saturated carbocycles. The van der Waals surface area contributed by atoms with Gasteiger partial charge in [0.25, 0.3) is 0 Å². The average molecular weight is 232 g/mol. The molecule has 17 heavy (non-hydrogen) atoms. The molecule has 0 bridgehead atoms. The van der Waals surface area contributed by atoms with E-state index >= 15 is 0 Å². The van der Waals surface area contributed by atoms with Crippen LogP contribution in [0.1, 0.15) is 5.56 Å². The van der Waals surface area contributed by atoms with Gasteiger partial charge in [-0.1, -0.05) is 24.3 Å². The third-order valence-electron chi connectivity index (χ3n) is 2.63. The molecule has 1 N–H and O–H groups in total. The zero-order valence-corrected chi connectivity index (χ0v) is 9.48. The highest BCUT2D eigenvalue weighted by molar-refractivity contribution is 5.70. The van der Waals surface area contributed by atoms with E-state index in [-0.39, 0.29) is 12.2 Å². The van der Waals surface area contributed by atoms with Crippen LogP contribution in [0.15, 0.2) is 42.5 Å². The van der Waals surface area contributed by atoms with E-state index in [1.54, 1.807) is 19.2 Å². The Labute approximate surface area is 99.3 Å². The Morgan fingerprint density at radius 3 is 2.65 bits per heavy atom. The predicted molar refractivity (Wildman–Crippen MR) is 64.3 cm³/mol. The molecule has 0 atom stereocenters. The Balaban J connectivity index is 2.53. The van der Waals surface area contributed by atoms with Crippen molar-refractivity contribution in [2.75, 3.05) is 7.11 Å². The molecule has 0 saturated heterocycles. The van der Waals surface area contributed by atoms with Crippen LogP contribution < -0.4 is 4.74 Å². The van der Waals surface area contributed by atoms with Crippen LogP contribution in [0.25, 0.3) is 11.1 Å². The quantitative estimate of drug-likeness (QED) is 0.881. The number of aliphatic hydroxyl groups is 1. The van der Waals surface area contributed by atoms with Crippen molar-refractivity contribution >= 4 is 0 Å². The topological polar surface area (TPSA) is 29.5 Å². The second-order valence-corrected chi connectivity index (χ2v) is 3.66. The molecular weight excluding hydrogens is 219 g/mol. The third kappa shape index (κ3) is 2.29. The van der Waals surface area contributed by atoms with Gasteiger partial charge in [0.1, 0.15) is 11.6 Å². The lowest BCUT2D eigenvalue weighted by atomic mass is 10.0. The molecule has 0 heterocycles. The summed E-state index contributed by atoms with van der Waals surface area (Å²) >= 11 is 0. The standard InChI is InChI=1S/C14H13FO2/c1-17-14-5-3-2-4-12(14)10-6-7-13(15)11(8-10)9-16/h2-8,16H,9H2,1H3. The highest BCUT2D eigenvalue weighted by Gasteiger charge is 2.07. The maximum atomic E-state index is 13.3. The molecule has 3 heteroatoms. The number of ether oxygens (including phenoxy) is 1. The van der Waals surface area contributed by atoms with E-state index in [9.17, 15) is 4.39 Å². The van der Waals surface area contributed by atoms with Crippen LogP contribution in [-0.4, -0.2) is 12.2 Å². The lowest BCUT2D eigenvalue weighted by Gasteiger charge is -2.09. The van der Waals surface area contributed by atoms with Crippen LogP contribution in [0.5, 0.6) is 5.75 Å². The molecular formula is C14H13FO2. The van der Waals surface area contributed by atoms with Crippen LogP contribution >= 0.6 is 0 Å². The Morgan fingerprint density at radius 2 is 1.94 bits per heavy atom. The van der Waals surface area contributed by atoms with Crippen molar-refractivity contribution in [1.82, 2.24) is 0 Å². The van der Waals surface area contributed by atoms with Gasteiger partial charge >= 0.3 is 0 Å². The summed E-state index contributed by atoms with van der Waals surface area (Å²) < 4.78 is 18.5. The number of rotatable bonds is 3. The van der Waals surface area contributed by atoms with Crippen molar-refractivity contribution in [1.29, 1.82) is 0 Å². The summed E-state index contributed by atoms with van der Waals surface area (Å²) in [6.07, 6.45) is 0. The first kappa shape index (κ1) is 11.6. The minimum atomic E-state index is -0.397. The van der Waals surface area contributed by atoms with Crippen molar-refractivity contribution in [3.05, 3.63) is 53.8 Å². The molecule has 0 radical (unpaired) electrons. The van der Waals surface area contributed by atoms with Gasteiger partial charge in [-0.25, -0.2) is 4.39 Å². The zero-order chi connectivity index (χ0) is 12.3. The molecule has 2 aromatic carbocycles. The summed E-state index contributed by atoms with van der Waals surface area (Å²) in [7, 11) is 1.59. The van der Waals surface area contributed by atoms with E-state index in [1.165, 1.54) is 6.07 Å². The van der Waals surface area contributed by atoms with Crippen LogP contribution in [-0.2, 0) is 6.61 Å². The summed E-state index contributed by atoms with van der Waals surface area (Å²) in [5, 5.41) is 9.05. The zero-order valence-electron chi connectivity index (χ0n) is 9.48. The first-order valence-electron chi connectivity index (χ1n) is 5.29. The average Bonchev–Trinajstić information content (AvgIpc) is 2.39. The fourth-order valence-corrected chi connectivity index (χ4v) is 1.75. The van der Waals surface area contributed by atoms with Gasteiger partial charge in [-0.15, -0.1) is 0 Å². The molecule has 2 rings (SSSR count). The largest absolute Gasteiger partial charge is 0.496 e. The molecule has 0 spiro atoms. The van der Waals surface area contributed by atoms with Gasteiger partial charge in [-0.2, -0.15) is 0 Å². The number of halogens is 1. The summed E-state index contributed by atoms with van der Waals surface area (Å²) in [5.74, 6) is 0.328. The first-order chi connectivity index (χ1) is 8.26. The maximum Gasteiger partial charge on any atom is 0.128 e. The van der Waals surface area contributed by atoms with E-state index in [2.05, 4.69) is 0 Å². The Bertz CT molecular complexity index is 523. The minimum Gasteiger partial charge on any atom is -0.496 e. The Morgan fingerprint density at radius 1 is 1.18 bits per heavy atom. The lowest BCUT2D eigenvalue weighted by Crippen LogP contribution is -1.92. The van der Waals surface area contributed by atoms with E-state index in [0.29, 0.717) is 0 Å². The number of aliphatic hydroxyl groups excluding tert-OH is 1. The second kappa shape index (κ2) is 4.97. The molecule has 0 aliphatic heterocycles. The van der Waals surface area contributed by atoms with E-state index in [1.807, 2.05) is 24.3 Å². The molecule has 0 aliphatic rings. The molecule has 0 unspecified atom stereocenters. The van der Waals surface area contributed by atoms with Gasteiger partial charge in [-0.3, -0.25) is 0 Å². The molecule has 0 fully saturated rings. The first-order valence-corrected chi connectivity index (χ1v) is 5.29. The van der Waals surface area contributed by atoms with Gasteiger partial charge in [0.05, 0.1) is 13.7 Å². The lowest BCUT2D eigenvalue weighted by molar-refractivity contribution is 0.276. The van der Waals surface area contributed by atoms with Crippen LogP contribution in [0.2, 0.25) is 0 Å². The fraction of sp³-hybridized carbons (Fsp3) is 0.143. The van der Waals surface area contributed by atoms with Gasteiger partial charge in [0.2, 0.25) is 0 Å². The number of para-hydroxylation sites is 1. The third-order valence-corrected chi connectivity index (χ3v) is 2.63. The van der Waals surface area contributed by atoms with Crippen molar-refractivity contribution < 1.29 is 14.2 Å². The van der Waals surface area contributed by atoms with Crippen molar-refractivity contribution in [2.24, 2.45) is 0 Å². The molecule has 2 aromatic rings. The van der Waals surface area contributed by atoms with E-state index in [0.717, 1.165) is 16.9 Å². The van der Waals surface area contributed by atoms with E-state index < -0.39 is 5.82 Å². The number of benzene rings is 2. The molecule has 88 valence electrons. The van der Waals surface area contributed by atoms with Crippen LogP contribution in [0.3, 0.4) is 0 Å². The van der Waals surface area contributed by atoms with E-state index in [4.69, 9.17) is 9.84 Å². The maximum absolute atomic E-state index is 13.3. The summed E-state index contributed by atoms with van der Waals surface area (Å²) in [6.45, 7) is -0.311. The SMILES string of the molecule is COc1ccccc1-c1ccc(F)c(CO)c1. The number of hydrogen-bond acceptors (Lipinski definition) is 2.